The molecule has 3 rings (SSSR count). The summed E-state index contributed by atoms with van der Waals surface area (Å²) < 4.78 is 15.0. The zero-order valence-corrected chi connectivity index (χ0v) is 10.2. The van der Waals surface area contributed by atoms with Crippen molar-refractivity contribution in [2.75, 3.05) is 0 Å². The molecule has 0 aliphatic heterocycles. The number of carbonyl (C=O) groups is 1. The van der Waals surface area contributed by atoms with Crippen molar-refractivity contribution in [2.24, 2.45) is 0 Å². The van der Waals surface area contributed by atoms with E-state index in [0.29, 0.717) is 11.1 Å². The fourth-order valence-corrected chi connectivity index (χ4v) is 2.61. The topological polar surface area (TPSA) is 37.3 Å². The number of hydrogen-bond acceptors (Lipinski definition) is 2. The SMILES string of the molecule is O=C1c2ccccc2C(O)C1(F)Cc1ccccc1. The summed E-state index contributed by atoms with van der Waals surface area (Å²) in [6.45, 7) is 0. The first-order valence-corrected chi connectivity index (χ1v) is 6.17. The monoisotopic (exact) mass is 256 g/mol. The molecular formula is C16H13FO2. The summed E-state index contributed by atoms with van der Waals surface area (Å²) in [7, 11) is 0. The number of aliphatic hydroxyl groups excluding tert-OH is 1. The lowest BCUT2D eigenvalue weighted by atomic mass is 9.90. The van der Waals surface area contributed by atoms with Crippen LogP contribution in [0.3, 0.4) is 0 Å². The zero-order chi connectivity index (χ0) is 13.5. The van der Waals surface area contributed by atoms with Crippen molar-refractivity contribution in [3.05, 3.63) is 71.3 Å². The molecule has 0 saturated heterocycles. The Labute approximate surface area is 110 Å². The Bertz CT molecular complexity index is 624. The summed E-state index contributed by atoms with van der Waals surface area (Å²) >= 11 is 0. The summed E-state index contributed by atoms with van der Waals surface area (Å²) in [5.74, 6) is -0.626. The molecule has 0 saturated carbocycles. The second kappa shape index (κ2) is 4.28. The van der Waals surface area contributed by atoms with Crippen molar-refractivity contribution in [1.29, 1.82) is 0 Å². The van der Waals surface area contributed by atoms with E-state index in [4.69, 9.17) is 0 Å². The molecule has 0 radical (unpaired) electrons. The van der Waals surface area contributed by atoms with Gasteiger partial charge in [-0.2, -0.15) is 0 Å². The van der Waals surface area contributed by atoms with Crippen LogP contribution in [0.4, 0.5) is 4.39 Å². The highest BCUT2D eigenvalue weighted by molar-refractivity contribution is 6.07. The van der Waals surface area contributed by atoms with E-state index in [9.17, 15) is 14.3 Å². The maximum Gasteiger partial charge on any atom is 0.207 e. The van der Waals surface area contributed by atoms with E-state index < -0.39 is 17.6 Å². The summed E-state index contributed by atoms with van der Waals surface area (Å²) in [6.07, 6.45) is -1.50. The van der Waals surface area contributed by atoms with E-state index in [1.165, 1.54) is 0 Å². The van der Waals surface area contributed by atoms with Gasteiger partial charge in [0.15, 0.2) is 0 Å². The predicted octanol–water partition coefficient (Wildman–Crippen LogP) is 2.87. The average molecular weight is 256 g/mol. The van der Waals surface area contributed by atoms with Gasteiger partial charge < -0.3 is 5.11 Å². The highest BCUT2D eigenvalue weighted by atomic mass is 19.1. The molecule has 0 bridgehead atoms. The summed E-state index contributed by atoms with van der Waals surface area (Å²) in [5, 5.41) is 10.1. The molecule has 0 spiro atoms. The maximum atomic E-state index is 15.0. The van der Waals surface area contributed by atoms with Crippen molar-refractivity contribution in [1.82, 2.24) is 0 Å². The van der Waals surface area contributed by atoms with Crippen molar-refractivity contribution < 1.29 is 14.3 Å². The van der Waals surface area contributed by atoms with Gasteiger partial charge in [-0.1, -0.05) is 54.6 Å². The van der Waals surface area contributed by atoms with Gasteiger partial charge in [0.2, 0.25) is 11.5 Å². The van der Waals surface area contributed by atoms with Gasteiger partial charge in [-0.15, -0.1) is 0 Å². The number of ketones is 1. The van der Waals surface area contributed by atoms with Crippen LogP contribution in [0, 0.1) is 0 Å². The van der Waals surface area contributed by atoms with Crippen LogP contribution in [-0.4, -0.2) is 16.6 Å². The first-order valence-electron chi connectivity index (χ1n) is 6.17. The largest absolute Gasteiger partial charge is 0.385 e. The number of alkyl halides is 1. The normalized spacial score (nSPS) is 25.4. The number of aliphatic hydroxyl groups is 1. The second-order valence-corrected chi connectivity index (χ2v) is 4.84. The van der Waals surface area contributed by atoms with E-state index in [0.717, 1.165) is 0 Å². The molecule has 1 N–H and O–H groups in total. The summed E-state index contributed by atoms with van der Waals surface area (Å²) in [6, 6.07) is 15.5. The molecule has 2 nitrogen and oxygen atoms in total. The van der Waals surface area contributed by atoms with E-state index in [-0.39, 0.29) is 12.0 Å². The Morgan fingerprint density at radius 3 is 2.37 bits per heavy atom. The third-order valence-electron chi connectivity index (χ3n) is 3.62. The molecule has 2 atom stereocenters. The van der Waals surface area contributed by atoms with Crippen molar-refractivity contribution in [3.63, 3.8) is 0 Å². The Hall–Kier alpha value is -2.00. The minimum Gasteiger partial charge on any atom is -0.385 e. The van der Waals surface area contributed by atoms with Crippen LogP contribution in [0.5, 0.6) is 0 Å². The van der Waals surface area contributed by atoms with Gasteiger partial charge in [-0.3, -0.25) is 4.79 Å². The standard InChI is InChI=1S/C16H13FO2/c17-16(10-11-6-2-1-3-7-11)14(18)12-8-4-5-9-13(12)15(16)19/h1-9,14,18H,10H2. The van der Waals surface area contributed by atoms with Crippen LogP contribution in [0.25, 0.3) is 0 Å². The summed E-state index contributed by atoms with van der Waals surface area (Å²) in [5.41, 5.74) is -0.894. The fourth-order valence-electron chi connectivity index (χ4n) is 2.61. The summed E-state index contributed by atoms with van der Waals surface area (Å²) in [4.78, 5) is 12.2. The van der Waals surface area contributed by atoms with Gasteiger partial charge in [0.1, 0.15) is 6.10 Å². The number of Topliss-reactive ketones (excluding diaryl/α,β-unsaturated/α-hetero) is 1. The minimum absolute atomic E-state index is 0.109. The average Bonchev–Trinajstić information content (AvgIpc) is 2.63. The number of carbonyl (C=O) groups excluding carboxylic acids is 1. The molecule has 0 fully saturated rings. The molecule has 3 heteroatoms. The van der Waals surface area contributed by atoms with E-state index in [1.54, 1.807) is 48.5 Å². The van der Waals surface area contributed by atoms with Crippen LogP contribution in [-0.2, 0) is 6.42 Å². The second-order valence-electron chi connectivity index (χ2n) is 4.84. The number of fused-ring (bicyclic) bond motifs is 1. The maximum absolute atomic E-state index is 15.0. The Morgan fingerprint density at radius 2 is 1.68 bits per heavy atom. The molecule has 2 aromatic carbocycles. The van der Waals surface area contributed by atoms with E-state index in [2.05, 4.69) is 0 Å². The minimum atomic E-state index is -2.26. The molecule has 0 aromatic heterocycles. The van der Waals surface area contributed by atoms with Crippen LogP contribution < -0.4 is 0 Å². The lowest BCUT2D eigenvalue weighted by molar-refractivity contribution is 0.0100. The Kier molecular flexibility index (Phi) is 2.72. The smallest absolute Gasteiger partial charge is 0.207 e. The van der Waals surface area contributed by atoms with Crippen LogP contribution in [0.1, 0.15) is 27.6 Å². The zero-order valence-electron chi connectivity index (χ0n) is 10.2. The van der Waals surface area contributed by atoms with Crippen molar-refractivity contribution >= 4 is 5.78 Å². The van der Waals surface area contributed by atoms with Gasteiger partial charge in [-0.25, -0.2) is 4.39 Å². The first-order chi connectivity index (χ1) is 9.13. The molecular weight excluding hydrogens is 243 g/mol. The lowest BCUT2D eigenvalue weighted by Crippen LogP contribution is -2.36. The molecule has 19 heavy (non-hydrogen) atoms. The van der Waals surface area contributed by atoms with Crippen LogP contribution in [0.15, 0.2) is 54.6 Å². The van der Waals surface area contributed by atoms with Crippen LogP contribution >= 0.6 is 0 Å². The molecule has 2 unspecified atom stereocenters. The Morgan fingerprint density at radius 1 is 1.05 bits per heavy atom. The van der Waals surface area contributed by atoms with E-state index >= 15 is 0 Å². The number of rotatable bonds is 2. The molecule has 1 aliphatic rings. The predicted molar refractivity (Wildman–Crippen MR) is 69.7 cm³/mol. The van der Waals surface area contributed by atoms with Gasteiger partial charge in [0, 0.05) is 12.0 Å². The molecule has 2 aromatic rings. The number of benzene rings is 2. The molecule has 0 heterocycles. The van der Waals surface area contributed by atoms with Crippen LogP contribution in [0.2, 0.25) is 0 Å². The molecule has 96 valence electrons. The van der Waals surface area contributed by atoms with Gasteiger partial charge >= 0.3 is 0 Å². The van der Waals surface area contributed by atoms with Crippen molar-refractivity contribution in [3.8, 4) is 0 Å². The van der Waals surface area contributed by atoms with Crippen molar-refractivity contribution in [2.45, 2.75) is 18.2 Å². The third kappa shape index (κ3) is 1.78. The quantitative estimate of drug-likeness (QED) is 0.897. The third-order valence-corrected chi connectivity index (χ3v) is 3.62. The molecule has 1 aliphatic carbocycles. The number of halogens is 1. The van der Waals surface area contributed by atoms with Gasteiger partial charge in [0.25, 0.3) is 0 Å². The molecule has 0 amide bonds. The van der Waals surface area contributed by atoms with Gasteiger partial charge in [-0.05, 0) is 11.1 Å². The highest BCUT2D eigenvalue weighted by Crippen LogP contribution is 2.43. The number of hydrogen-bond donors (Lipinski definition) is 1. The highest BCUT2D eigenvalue weighted by Gasteiger charge is 2.53. The first kappa shape index (κ1) is 12.1. The lowest BCUT2D eigenvalue weighted by Gasteiger charge is -2.22. The van der Waals surface area contributed by atoms with Gasteiger partial charge in [0.05, 0.1) is 0 Å². The van der Waals surface area contributed by atoms with E-state index in [1.807, 2.05) is 6.07 Å². The fraction of sp³-hybridized carbons (Fsp3) is 0.188. The Balaban J connectivity index is 2.00.